The third-order valence-corrected chi connectivity index (χ3v) is 7.55. The molecule has 0 bridgehead atoms. The molecular formula is C20H18O5S2. The van der Waals surface area contributed by atoms with E-state index in [1.807, 2.05) is 47.8 Å². The molecule has 2 heterocycles. The number of thioether (sulfide) groups is 2. The molecule has 2 aliphatic heterocycles. The summed E-state index contributed by atoms with van der Waals surface area (Å²) in [6.45, 7) is 0. The van der Waals surface area contributed by atoms with Crippen LogP contribution >= 0.6 is 23.5 Å². The smallest absolute Gasteiger partial charge is 0.353 e. The number of carbonyl (C=O) groups is 2. The molecule has 0 saturated carbocycles. The number of carbonyl (C=O) groups excluding carboxylic acids is 2. The molecule has 0 N–H and O–H groups in total. The molecule has 1 fully saturated rings. The first-order valence-electron chi connectivity index (χ1n) is 8.57. The molecule has 0 aromatic heterocycles. The number of methoxy groups -OCH3 is 1. The molecule has 7 heteroatoms. The van der Waals surface area contributed by atoms with Gasteiger partial charge in [-0.2, -0.15) is 0 Å². The largest absolute Gasteiger partial charge is 0.493 e. The lowest BCUT2D eigenvalue weighted by atomic mass is 9.99. The number of benzene rings is 2. The molecule has 0 aliphatic carbocycles. The van der Waals surface area contributed by atoms with Crippen molar-refractivity contribution in [3.05, 3.63) is 59.2 Å². The Labute approximate surface area is 165 Å². The van der Waals surface area contributed by atoms with Gasteiger partial charge in [-0.15, -0.1) is 23.5 Å². The zero-order valence-corrected chi connectivity index (χ0v) is 16.3. The van der Waals surface area contributed by atoms with Gasteiger partial charge in [0.25, 0.3) is 0 Å². The highest BCUT2D eigenvalue weighted by Gasteiger charge is 2.33. The highest BCUT2D eigenvalue weighted by Crippen LogP contribution is 2.47. The summed E-state index contributed by atoms with van der Waals surface area (Å²) in [5.74, 6) is 1.97. The van der Waals surface area contributed by atoms with Crippen LogP contribution in [-0.4, -0.2) is 36.7 Å². The maximum absolute atomic E-state index is 12.6. The third kappa shape index (κ3) is 3.80. The van der Waals surface area contributed by atoms with Crippen molar-refractivity contribution < 1.29 is 23.8 Å². The Balaban J connectivity index is 1.50. The fourth-order valence-corrected chi connectivity index (χ4v) is 5.94. The Morgan fingerprint density at radius 2 is 1.89 bits per heavy atom. The van der Waals surface area contributed by atoms with Crippen LogP contribution in [0.25, 0.3) is 0 Å². The summed E-state index contributed by atoms with van der Waals surface area (Å²) in [6, 6.07) is 12.7. The lowest BCUT2D eigenvalue weighted by molar-refractivity contribution is -0.144. The summed E-state index contributed by atoms with van der Waals surface area (Å²) in [7, 11) is 1.54. The highest BCUT2D eigenvalue weighted by atomic mass is 32.2. The topological polar surface area (TPSA) is 61.8 Å². The van der Waals surface area contributed by atoms with Crippen LogP contribution in [0.2, 0.25) is 0 Å². The first kappa shape index (κ1) is 18.3. The van der Waals surface area contributed by atoms with E-state index in [1.165, 1.54) is 0 Å². The van der Waals surface area contributed by atoms with Crippen molar-refractivity contribution in [1.82, 2.24) is 0 Å². The van der Waals surface area contributed by atoms with E-state index < -0.39 is 18.0 Å². The number of fused-ring (bicyclic) bond motifs is 1. The second-order valence-corrected chi connectivity index (χ2v) is 8.88. The van der Waals surface area contributed by atoms with Gasteiger partial charge in [0, 0.05) is 17.9 Å². The molecule has 1 atom stereocenters. The van der Waals surface area contributed by atoms with E-state index in [2.05, 4.69) is 0 Å². The van der Waals surface area contributed by atoms with Crippen molar-refractivity contribution in [3.63, 3.8) is 0 Å². The highest BCUT2D eigenvalue weighted by molar-refractivity contribution is 8.19. The van der Waals surface area contributed by atoms with Gasteiger partial charge in [-0.1, -0.05) is 24.3 Å². The van der Waals surface area contributed by atoms with Crippen molar-refractivity contribution in [3.8, 4) is 11.5 Å². The maximum atomic E-state index is 12.6. The molecule has 2 aliphatic rings. The number of cyclic esters (lactones) is 1. The van der Waals surface area contributed by atoms with Crippen molar-refractivity contribution in [2.24, 2.45) is 0 Å². The molecule has 2 aromatic rings. The molecule has 0 spiro atoms. The van der Waals surface area contributed by atoms with E-state index in [4.69, 9.17) is 14.2 Å². The van der Waals surface area contributed by atoms with Gasteiger partial charge in [-0.3, -0.25) is 0 Å². The Hall–Kier alpha value is -2.12. The number of hydrogen-bond donors (Lipinski definition) is 0. The normalized spacial score (nSPS) is 19.3. The molecule has 27 heavy (non-hydrogen) atoms. The molecular weight excluding hydrogens is 384 g/mol. The fourth-order valence-electron chi connectivity index (χ4n) is 3.10. The maximum Gasteiger partial charge on any atom is 0.353 e. The molecule has 5 nitrogen and oxygen atoms in total. The minimum absolute atomic E-state index is 0.302. The zero-order chi connectivity index (χ0) is 18.8. The Bertz CT molecular complexity index is 876. The molecule has 2 aromatic carbocycles. The van der Waals surface area contributed by atoms with Crippen LogP contribution < -0.4 is 9.47 Å². The second kappa shape index (κ2) is 7.86. The molecule has 4 rings (SSSR count). The van der Waals surface area contributed by atoms with E-state index in [-0.39, 0.29) is 0 Å². The second-order valence-electron chi connectivity index (χ2n) is 6.16. The van der Waals surface area contributed by atoms with Crippen LogP contribution in [0.3, 0.4) is 0 Å². The third-order valence-electron chi connectivity index (χ3n) is 4.45. The van der Waals surface area contributed by atoms with Crippen molar-refractivity contribution in [2.45, 2.75) is 17.1 Å². The van der Waals surface area contributed by atoms with Gasteiger partial charge in [-0.05, 0) is 29.3 Å². The summed E-state index contributed by atoms with van der Waals surface area (Å²) >= 11 is 3.79. The van der Waals surface area contributed by atoms with Crippen LogP contribution in [0.4, 0.5) is 0 Å². The van der Waals surface area contributed by atoms with Crippen LogP contribution in [0.5, 0.6) is 11.5 Å². The molecule has 1 saturated heterocycles. The van der Waals surface area contributed by atoms with Gasteiger partial charge in [0.1, 0.15) is 0 Å². The number of ether oxygens (including phenoxy) is 3. The molecule has 0 amide bonds. The average Bonchev–Trinajstić information content (AvgIpc) is 3.23. The van der Waals surface area contributed by atoms with Gasteiger partial charge in [0.2, 0.25) is 6.10 Å². The summed E-state index contributed by atoms with van der Waals surface area (Å²) in [5.41, 5.74) is 2.42. The SMILES string of the molecule is COc1cc(C2SCCS2)ccc1OC(=O)C1Cc2ccccc2C(=O)O1. The van der Waals surface area contributed by atoms with Gasteiger partial charge >= 0.3 is 11.9 Å². The number of esters is 2. The zero-order valence-electron chi connectivity index (χ0n) is 14.7. The lowest BCUT2D eigenvalue weighted by Gasteiger charge is -2.23. The Morgan fingerprint density at radius 3 is 2.67 bits per heavy atom. The predicted molar refractivity (Wildman–Crippen MR) is 106 cm³/mol. The monoisotopic (exact) mass is 402 g/mol. The fraction of sp³-hybridized carbons (Fsp3) is 0.300. The van der Waals surface area contributed by atoms with E-state index >= 15 is 0 Å². The van der Waals surface area contributed by atoms with Gasteiger partial charge < -0.3 is 14.2 Å². The number of hydrogen-bond acceptors (Lipinski definition) is 7. The summed E-state index contributed by atoms with van der Waals surface area (Å²) in [5, 5.41) is 0. The minimum Gasteiger partial charge on any atom is -0.493 e. The van der Waals surface area contributed by atoms with E-state index in [1.54, 1.807) is 25.3 Å². The molecule has 1 unspecified atom stereocenters. The summed E-state index contributed by atoms with van der Waals surface area (Å²) < 4.78 is 16.5. The Morgan fingerprint density at radius 1 is 1.11 bits per heavy atom. The quantitative estimate of drug-likeness (QED) is 0.568. The van der Waals surface area contributed by atoms with Gasteiger partial charge in [0.05, 0.1) is 17.3 Å². The van der Waals surface area contributed by atoms with Crippen molar-refractivity contribution in [2.75, 3.05) is 18.6 Å². The van der Waals surface area contributed by atoms with Crippen LogP contribution in [0.15, 0.2) is 42.5 Å². The van der Waals surface area contributed by atoms with Crippen molar-refractivity contribution >= 4 is 35.5 Å². The first-order chi connectivity index (χ1) is 13.2. The number of rotatable bonds is 4. The van der Waals surface area contributed by atoms with E-state index in [0.29, 0.717) is 28.1 Å². The van der Waals surface area contributed by atoms with E-state index in [0.717, 1.165) is 22.6 Å². The van der Waals surface area contributed by atoms with Crippen LogP contribution in [0, 0.1) is 0 Å². The average molecular weight is 402 g/mol. The molecule has 0 radical (unpaired) electrons. The van der Waals surface area contributed by atoms with Crippen molar-refractivity contribution in [1.29, 1.82) is 0 Å². The minimum atomic E-state index is -0.960. The van der Waals surface area contributed by atoms with E-state index in [9.17, 15) is 9.59 Å². The predicted octanol–water partition coefficient (Wildman–Crippen LogP) is 3.86. The van der Waals surface area contributed by atoms with Crippen LogP contribution in [-0.2, 0) is 16.0 Å². The van der Waals surface area contributed by atoms with Gasteiger partial charge in [0.15, 0.2) is 11.5 Å². The summed E-state index contributed by atoms with van der Waals surface area (Å²) in [6.07, 6.45) is -0.658. The standard InChI is InChI=1S/C20H18O5S2/c1-23-16-11-13(20-26-8-9-27-20)6-7-15(16)24-19(22)17-10-12-4-2-3-5-14(12)18(21)25-17/h2-7,11,17,20H,8-10H2,1H3. The van der Waals surface area contributed by atoms with Crippen LogP contribution in [0.1, 0.15) is 26.1 Å². The first-order valence-corrected chi connectivity index (χ1v) is 10.7. The summed E-state index contributed by atoms with van der Waals surface area (Å²) in [4.78, 5) is 24.7. The van der Waals surface area contributed by atoms with Gasteiger partial charge in [-0.25, -0.2) is 9.59 Å². The lowest BCUT2D eigenvalue weighted by Crippen LogP contribution is -2.37. The molecule has 140 valence electrons. The Kier molecular flexibility index (Phi) is 5.31.